The van der Waals surface area contributed by atoms with E-state index in [1.807, 2.05) is 49.4 Å². The molecule has 0 aliphatic carbocycles. The Bertz CT molecular complexity index is 614. The van der Waals surface area contributed by atoms with Gasteiger partial charge in [0, 0.05) is 17.3 Å². The highest BCUT2D eigenvalue weighted by atomic mass is 16.1. The summed E-state index contributed by atoms with van der Waals surface area (Å²) in [4.78, 5) is 12.2. The lowest BCUT2D eigenvalue weighted by Crippen LogP contribution is -2.19. The normalized spacial score (nSPS) is 11.7. The Balaban J connectivity index is 1.92. The Kier molecular flexibility index (Phi) is 4.94. The van der Waals surface area contributed by atoms with Gasteiger partial charge in [-0.3, -0.25) is 4.79 Å². The summed E-state index contributed by atoms with van der Waals surface area (Å²) >= 11 is 0. The van der Waals surface area contributed by atoms with Crippen LogP contribution in [-0.4, -0.2) is 5.78 Å². The van der Waals surface area contributed by atoms with Gasteiger partial charge < -0.3 is 5.32 Å². The van der Waals surface area contributed by atoms with E-state index in [1.54, 1.807) is 0 Å². The number of carbonyl (C=O) groups excluding carboxylic acids is 1. The molecule has 0 amide bonds. The first-order valence-corrected chi connectivity index (χ1v) is 7.15. The highest BCUT2D eigenvalue weighted by Gasteiger charge is 2.10. The van der Waals surface area contributed by atoms with Gasteiger partial charge >= 0.3 is 0 Å². The van der Waals surface area contributed by atoms with Crippen LogP contribution in [0.4, 0.5) is 0 Å². The zero-order chi connectivity index (χ0) is 15.2. The monoisotopic (exact) mass is 279 g/mol. The van der Waals surface area contributed by atoms with E-state index >= 15 is 0 Å². The molecule has 108 valence electrons. The largest absolute Gasteiger partial charge is 0.382 e. The van der Waals surface area contributed by atoms with Crippen LogP contribution in [0.5, 0.6) is 0 Å². The summed E-state index contributed by atoms with van der Waals surface area (Å²) in [5, 5.41) is 3.29. The molecule has 0 heterocycles. The van der Waals surface area contributed by atoms with Crippen molar-refractivity contribution in [2.45, 2.75) is 26.3 Å². The number of benzene rings is 2. The number of nitrogens with one attached hydrogen (secondary N) is 1. The Morgan fingerprint density at radius 3 is 2.33 bits per heavy atom. The first-order chi connectivity index (χ1) is 10.1. The van der Waals surface area contributed by atoms with E-state index in [2.05, 4.69) is 31.0 Å². The summed E-state index contributed by atoms with van der Waals surface area (Å²) in [6, 6.07) is 17.9. The lowest BCUT2D eigenvalue weighted by atomic mass is 10.0. The first kappa shape index (κ1) is 15.0. The molecule has 0 fully saturated rings. The molecule has 0 aliphatic rings. The van der Waals surface area contributed by atoms with E-state index in [4.69, 9.17) is 0 Å². The standard InChI is InChI=1S/C19H21NO/c1-14-9-11-18(12-10-14)19(21)13-15(2)20-16(3)17-7-5-4-6-8-17/h4-12,16,20H,2,13H2,1,3H3/t16-/m1/s1. The number of carbonyl (C=O) groups is 1. The summed E-state index contributed by atoms with van der Waals surface area (Å²) in [5.74, 6) is 0.0905. The molecule has 2 aromatic carbocycles. The number of ketones is 1. The molecule has 0 radical (unpaired) electrons. The van der Waals surface area contributed by atoms with E-state index in [-0.39, 0.29) is 11.8 Å². The fourth-order valence-corrected chi connectivity index (χ4v) is 2.22. The van der Waals surface area contributed by atoms with Crippen molar-refractivity contribution in [1.29, 1.82) is 0 Å². The second-order valence-electron chi connectivity index (χ2n) is 5.35. The molecule has 2 nitrogen and oxygen atoms in total. The van der Waals surface area contributed by atoms with Crippen LogP contribution >= 0.6 is 0 Å². The molecule has 0 saturated carbocycles. The predicted octanol–water partition coefficient (Wildman–Crippen LogP) is 4.43. The number of aryl methyl sites for hydroxylation is 1. The lowest BCUT2D eigenvalue weighted by molar-refractivity contribution is 0.0991. The van der Waals surface area contributed by atoms with E-state index in [0.29, 0.717) is 6.42 Å². The van der Waals surface area contributed by atoms with Crippen LogP contribution in [0.15, 0.2) is 66.9 Å². The zero-order valence-corrected chi connectivity index (χ0v) is 12.6. The third-order valence-electron chi connectivity index (χ3n) is 3.47. The fourth-order valence-electron chi connectivity index (χ4n) is 2.22. The minimum atomic E-state index is 0.0905. The molecule has 1 atom stereocenters. The van der Waals surface area contributed by atoms with Gasteiger partial charge in [-0.2, -0.15) is 0 Å². The zero-order valence-electron chi connectivity index (χ0n) is 12.6. The van der Waals surface area contributed by atoms with Gasteiger partial charge in [-0.05, 0) is 19.4 Å². The Morgan fingerprint density at radius 1 is 1.10 bits per heavy atom. The number of hydrogen-bond acceptors (Lipinski definition) is 2. The van der Waals surface area contributed by atoms with Crippen molar-refractivity contribution in [3.8, 4) is 0 Å². The summed E-state index contributed by atoms with van der Waals surface area (Å²) in [6.07, 6.45) is 0.320. The van der Waals surface area contributed by atoms with Crippen LogP contribution < -0.4 is 5.32 Å². The van der Waals surface area contributed by atoms with Crippen molar-refractivity contribution in [3.63, 3.8) is 0 Å². The van der Waals surface area contributed by atoms with Gasteiger partial charge in [0.15, 0.2) is 5.78 Å². The van der Waals surface area contributed by atoms with Crippen LogP contribution in [0.1, 0.15) is 40.9 Å². The third-order valence-corrected chi connectivity index (χ3v) is 3.47. The Morgan fingerprint density at radius 2 is 1.71 bits per heavy atom. The molecule has 2 aromatic rings. The van der Waals surface area contributed by atoms with Crippen LogP contribution in [0.25, 0.3) is 0 Å². The van der Waals surface area contributed by atoms with E-state index in [9.17, 15) is 4.79 Å². The van der Waals surface area contributed by atoms with Crippen LogP contribution in [0, 0.1) is 6.92 Å². The first-order valence-electron chi connectivity index (χ1n) is 7.15. The average Bonchev–Trinajstić information content (AvgIpc) is 2.48. The Labute approximate surface area is 126 Å². The van der Waals surface area contributed by atoms with Gasteiger partial charge in [0.25, 0.3) is 0 Å². The second kappa shape index (κ2) is 6.89. The van der Waals surface area contributed by atoms with Crippen molar-refractivity contribution in [2.24, 2.45) is 0 Å². The van der Waals surface area contributed by atoms with Crippen molar-refractivity contribution in [2.75, 3.05) is 0 Å². The molecule has 1 N–H and O–H groups in total. The van der Waals surface area contributed by atoms with E-state index < -0.39 is 0 Å². The summed E-state index contributed by atoms with van der Waals surface area (Å²) in [6.45, 7) is 8.05. The van der Waals surface area contributed by atoms with Crippen LogP contribution in [0.2, 0.25) is 0 Å². The van der Waals surface area contributed by atoms with E-state index in [1.165, 1.54) is 5.56 Å². The lowest BCUT2D eigenvalue weighted by Gasteiger charge is -2.17. The molecule has 0 bridgehead atoms. The van der Waals surface area contributed by atoms with Gasteiger partial charge in [-0.25, -0.2) is 0 Å². The number of hydrogen-bond donors (Lipinski definition) is 1. The fraction of sp³-hybridized carbons (Fsp3) is 0.211. The Hall–Kier alpha value is -2.35. The average molecular weight is 279 g/mol. The van der Waals surface area contributed by atoms with Gasteiger partial charge in [0.05, 0.1) is 6.42 Å². The summed E-state index contributed by atoms with van der Waals surface area (Å²) in [5.41, 5.74) is 3.82. The molecule has 0 saturated heterocycles. The van der Waals surface area contributed by atoms with Crippen molar-refractivity contribution in [1.82, 2.24) is 5.32 Å². The molecule has 0 aromatic heterocycles. The molecule has 0 aliphatic heterocycles. The molecule has 0 unspecified atom stereocenters. The predicted molar refractivity (Wildman–Crippen MR) is 87.3 cm³/mol. The van der Waals surface area contributed by atoms with E-state index in [0.717, 1.165) is 16.8 Å². The van der Waals surface area contributed by atoms with Gasteiger partial charge in [-0.1, -0.05) is 66.7 Å². The molecular weight excluding hydrogens is 258 g/mol. The minimum absolute atomic E-state index is 0.0905. The molecular formula is C19H21NO. The highest BCUT2D eigenvalue weighted by molar-refractivity contribution is 5.97. The second-order valence-corrected chi connectivity index (χ2v) is 5.35. The van der Waals surface area contributed by atoms with Crippen LogP contribution in [-0.2, 0) is 0 Å². The maximum absolute atomic E-state index is 12.2. The molecule has 2 heteroatoms. The molecule has 21 heavy (non-hydrogen) atoms. The highest BCUT2D eigenvalue weighted by Crippen LogP contribution is 2.15. The maximum Gasteiger partial charge on any atom is 0.168 e. The van der Waals surface area contributed by atoms with Gasteiger partial charge in [0.1, 0.15) is 0 Å². The number of rotatable bonds is 6. The third kappa shape index (κ3) is 4.32. The number of allylic oxidation sites excluding steroid dienone is 1. The minimum Gasteiger partial charge on any atom is -0.382 e. The van der Waals surface area contributed by atoms with Crippen molar-refractivity contribution in [3.05, 3.63) is 83.6 Å². The van der Waals surface area contributed by atoms with Crippen molar-refractivity contribution >= 4 is 5.78 Å². The number of Topliss-reactive ketones (excluding diaryl/α,β-unsaturated/α-hetero) is 1. The SMILES string of the molecule is C=C(CC(=O)c1ccc(C)cc1)N[C@H](C)c1ccccc1. The smallest absolute Gasteiger partial charge is 0.168 e. The quantitative estimate of drug-likeness (QED) is 0.792. The maximum atomic E-state index is 12.2. The van der Waals surface area contributed by atoms with Crippen molar-refractivity contribution < 1.29 is 4.79 Å². The summed E-state index contributed by atoms with van der Waals surface area (Å²) in [7, 11) is 0. The van der Waals surface area contributed by atoms with Gasteiger partial charge in [-0.15, -0.1) is 0 Å². The van der Waals surface area contributed by atoms with Gasteiger partial charge in [0.2, 0.25) is 0 Å². The molecule has 2 rings (SSSR count). The topological polar surface area (TPSA) is 29.1 Å². The van der Waals surface area contributed by atoms with Crippen LogP contribution in [0.3, 0.4) is 0 Å². The summed E-state index contributed by atoms with van der Waals surface area (Å²) < 4.78 is 0. The molecule has 0 spiro atoms.